The van der Waals surface area contributed by atoms with E-state index in [1.54, 1.807) is 12.1 Å². The number of likely N-dealkylation sites (tertiary alicyclic amines) is 1. The molecule has 0 unspecified atom stereocenters. The highest BCUT2D eigenvalue weighted by molar-refractivity contribution is 5.74. The molecule has 1 saturated heterocycles. The summed E-state index contributed by atoms with van der Waals surface area (Å²) in [5.74, 6) is 2.52. The van der Waals surface area contributed by atoms with Gasteiger partial charge in [-0.05, 0) is 61.9 Å². The second kappa shape index (κ2) is 8.18. The molecule has 21 heavy (non-hydrogen) atoms. The first-order valence-electron chi connectivity index (χ1n) is 8.07. The van der Waals surface area contributed by atoms with E-state index in [1.807, 2.05) is 12.1 Å². The van der Waals surface area contributed by atoms with Crippen molar-refractivity contribution >= 4 is 6.29 Å². The standard InChI is InChI=1S/C18H27NO2/c1-15-11-16(2)13-19(12-15)9-3-4-10-21-18-7-5-17(14-20)6-8-18/h5-8,14-16H,3-4,9-13H2,1-2H3/t15-,16+. The first kappa shape index (κ1) is 16.0. The number of unbranched alkanes of at least 4 members (excludes halogenated alkanes) is 1. The minimum atomic E-state index is 0.690. The molecule has 0 saturated carbocycles. The minimum Gasteiger partial charge on any atom is -0.494 e. The summed E-state index contributed by atoms with van der Waals surface area (Å²) in [6.45, 7) is 9.14. The summed E-state index contributed by atoms with van der Waals surface area (Å²) in [6, 6.07) is 7.30. The van der Waals surface area contributed by atoms with Crippen LogP contribution in [0.15, 0.2) is 24.3 Å². The maximum Gasteiger partial charge on any atom is 0.150 e. The molecule has 1 aromatic carbocycles. The lowest BCUT2D eigenvalue weighted by Crippen LogP contribution is -2.39. The predicted octanol–water partition coefficient (Wildman–Crippen LogP) is 3.64. The van der Waals surface area contributed by atoms with Gasteiger partial charge in [-0.2, -0.15) is 0 Å². The predicted molar refractivity (Wildman–Crippen MR) is 85.9 cm³/mol. The van der Waals surface area contributed by atoms with Crippen molar-refractivity contribution < 1.29 is 9.53 Å². The van der Waals surface area contributed by atoms with Gasteiger partial charge in [-0.15, -0.1) is 0 Å². The minimum absolute atomic E-state index is 0.690. The first-order valence-corrected chi connectivity index (χ1v) is 8.07. The lowest BCUT2D eigenvalue weighted by atomic mass is 9.92. The van der Waals surface area contributed by atoms with Gasteiger partial charge in [0, 0.05) is 18.7 Å². The molecule has 0 spiro atoms. The monoisotopic (exact) mass is 289 g/mol. The smallest absolute Gasteiger partial charge is 0.150 e. The molecule has 0 aliphatic carbocycles. The van der Waals surface area contributed by atoms with Gasteiger partial charge in [0.25, 0.3) is 0 Å². The quantitative estimate of drug-likeness (QED) is 0.567. The van der Waals surface area contributed by atoms with Crippen LogP contribution in [0.5, 0.6) is 5.75 Å². The summed E-state index contributed by atoms with van der Waals surface area (Å²) in [6.07, 6.45) is 4.49. The average Bonchev–Trinajstić information content (AvgIpc) is 2.46. The van der Waals surface area contributed by atoms with Crippen molar-refractivity contribution in [2.75, 3.05) is 26.2 Å². The van der Waals surface area contributed by atoms with Gasteiger partial charge in [-0.1, -0.05) is 13.8 Å². The van der Waals surface area contributed by atoms with E-state index in [0.29, 0.717) is 5.56 Å². The summed E-state index contributed by atoms with van der Waals surface area (Å²) in [4.78, 5) is 13.2. The van der Waals surface area contributed by atoms with Crippen LogP contribution in [0.4, 0.5) is 0 Å². The second-order valence-corrected chi connectivity index (χ2v) is 6.45. The molecular formula is C18H27NO2. The van der Waals surface area contributed by atoms with Gasteiger partial charge < -0.3 is 9.64 Å². The van der Waals surface area contributed by atoms with Crippen molar-refractivity contribution in [2.24, 2.45) is 11.8 Å². The van der Waals surface area contributed by atoms with Crippen molar-refractivity contribution in [3.8, 4) is 5.75 Å². The van der Waals surface area contributed by atoms with Gasteiger partial charge >= 0.3 is 0 Å². The molecule has 0 amide bonds. The maximum atomic E-state index is 10.6. The number of hydrogen-bond donors (Lipinski definition) is 0. The molecule has 2 rings (SSSR count). The number of carbonyl (C=O) groups excluding carboxylic acids is 1. The van der Waals surface area contributed by atoms with Gasteiger partial charge in [0.2, 0.25) is 0 Å². The number of aldehydes is 1. The molecule has 3 heteroatoms. The van der Waals surface area contributed by atoms with Gasteiger partial charge in [0.05, 0.1) is 6.61 Å². The van der Waals surface area contributed by atoms with Gasteiger partial charge in [-0.3, -0.25) is 4.79 Å². The summed E-state index contributed by atoms with van der Waals surface area (Å²) >= 11 is 0. The Labute approximate surface area is 128 Å². The fraction of sp³-hybridized carbons (Fsp3) is 0.611. The van der Waals surface area contributed by atoms with E-state index in [1.165, 1.54) is 32.5 Å². The zero-order valence-corrected chi connectivity index (χ0v) is 13.3. The Kier molecular flexibility index (Phi) is 6.24. The van der Waals surface area contributed by atoms with Crippen LogP contribution in [0, 0.1) is 11.8 Å². The number of carbonyl (C=O) groups is 1. The molecule has 1 aromatic rings. The highest BCUT2D eigenvalue weighted by Crippen LogP contribution is 2.21. The third-order valence-electron chi connectivity index (χ3n) is 4.10. The first-order chi connectivity index (χ1) is 10.2. The Balaban J connectivity index is 1.60. The van der Waals surface area contributed by atoms with Gasteiger partial charge in [0.1, 0.15) is 12.0 Å². The van der Waals surface area contributed by atoms with Crippen LogP contribution in [-0.4, -0.2) is 37.4 Å². The molecule has 1 aliphatic rings. The summed E-state index contributed by atoms with van der Waals surface area (Å²) in [5, 5.41) is 0. The van der Waals surface area contributed by atoms with Crippen molar-refractivity contribution in [2.45, 2.75) is 33.1 Å². The van der Waals surface area contributed by atoms with E-state index < -0.39 is 0 Å². The highest BCUT2D eigenvalue weighted by Gasteiger charge is 2.20. The number of rotatable bonds is 7. The third kappa shape index (κ3) is 5.50. The number of nitrogens with zero attached hydrogens (tertiary/aromatic N) is 1. The normalized spacial score (nSPS) is 23.0. The van der Waals surface area contributed by atoms with E-state index in [4.69, 9.17) is 4.74 Å². The molecule has 1 heterocycles. The zero-order chi connectivity index (χ0) is 15.1. The molecule has 3 nitrogen and oxygen atoms in total. The van der Waals surface area contributed by atoms with Crippen molar-refractivity contribution in [3.05, 3.63) is 29.8 Å². The molecule has 0 radical (unpaired) electrons. The summed E-state index contributed by atoms with van der Waals surface area (Å²) < 4.78 is 5.70. The van der Waals surface area contributed by atoms with Crippen LogP contribution in [0.3, 0.4) is 0 Å². The number of benzene rings is 1. The van der Waals surface area contributed by atoms with Crippen molar-refractivity contribution in [1.82, 2.24) is 4.90 Å². The molecule has 1 aliphatic heterocycles. The van der Waals surface area contributed by atoms with Crippen LogP contribution in [-0.2, 0) is 0 Å². The van der Waals surface area contributed by atoms with Crippen LogP contribution >= 0.6 is 0 Å². The molecule has 0 bridgehead atoms. The Bertz CT molecular complexity index is 419. The van der Waals surface area contributed by atoms with Crippen LogP contribution < -0.4 is 4.74 Å². The summed E-state index contributed by atoms with van der Waals surface area (Å²) in [7, 11) is 0. The summed E-state index contributed by atoms with van der Waals surface area (Å²) in [5.41, 5.74) is 0.690. The Morgan fingerprint density at radius 1 is 1.14 bits per heavy atom. The van der Waals surface area contributed by atoms with Crippen molar-refractivity contribution in [1.29, 1.82) is 0 Å². The van der Waals surface area contributed by atoms with Crippen LogP contribution in [0.1, 0.15) is 43.5 Å². The number of ether oxygens (including phenoxy) is 1. The lowest BCUT2D eigenvalue weighted by molar-refractivity contribution is 0.112. The average molecular weight is 289 g/mol. The lowest BCUT2D eigenvalue weighted by Gasteiger charge is -2.34. The van der Waals surface area contributed by atoms with Gasteiger partial charge in [0.15, 0.2) is 0 Å². The molecular weight excluding hydrogens is 262 g/mol. The van der Waals surface area contributed by atoms with Crippen LogP contribution in [0.25, 0.3) is 0 Å². The topological polar surface area (TPSA) is 29.5 Å². The molecule has 2 atom stereocenters. The fourth-order valence-corrected chi connectivity index (χ4v) is 3.24. The second-order valence-electron chi connectivity index (χ2n) is 6.45. The largest absolute Gasteiger partial charge is 0.494 e. The zero-order valence-electron chi connectivity index (χ0n) is 13.3. The Morgan fingerprint density at radius 3 is 2.43 bits per heavy atom. The number of hydrogen-bond acceptors (Lipinski definition) is 3. The molecule has 1 fully saturated rings. The SMILES string of the molecule is C[C@@H]1C[C@H](C)CN(CCCCOc2ccc(C=O)cc2)C1. The van der Waals surface area contributed by atoms with E-state index in [0.717, 1.165) is 36.9 Å². The van der Waals surface area contributed by atoms with E-state index in [2.05, 4.69) is 18.7 Å². The van der Waals surface area contributed by atoms with Gasteiger partial charge in [-0.25, -0.2) is 0 Å². The third-order valence-corrected chi connectivity index (χ3v) is 4.10. The van der Waals surface area contributed by atoms with E-state index in [-0.39, 0.29) is 0 Å². The molecule has 0 aromatic heterocycles. The van der Waals surface area contributed by atoms with E-state index >= 15 is 0 Å². The Hall–Kier alpha value is -1.35. The highest BCUT2D eigenvalue weighted by atomic mass is 16.5. The fourth-order valence-electron chi connectivity index (χ4n) is 3.24. The molecule has 116 valence electrons. The van der Waals surface area contributed by atoms with E-state index in [9.17, 15) is 4.79 Å². The molecule has 0 N–H and O–H groups in total. The van der Waals surface area contributed by atoms with Crippen molar-refractivity contribution in [3.63, 3.8) is 0 Å². The number of piperidine rings is 1. The Morgan fingerprint density at radius 2 is 1.81 bits per heavy atom. The maximum absolute atomic E-state index is 10.6. The van der Waals surface area contributed by atoms with Crippen LogP contribution in [0.2, 0.25) is 0 Å².